The molecule has 0 saturated carbocycles. The highest BCUT2D eigenvalue weighted by Gasteiger charge is 2.32. The third-order valence-corrected chi connectivity index (χ3v) is 4.25. The molecular weight excluding hydrogens is 320 g/mol. The second-order valence-electron chi connectivity index (χ2n) is 5.79. The summed E-state index contributed by atoms with van der Waals surface area (Å²) >= 11 is 0. The Balaban J connectivity index is 1.92. The zero-order valence-electron chi connectivity index (χ0n) is 14.4. The van der Waals surface area contributed by atoms with E-state index in [4.69, 9.17) is 9.47 Å². The number of hydrogen-bond donors (Lipinski definition) is 1. The average molecular weight is 340 g/mol. The van der Waals surface area contributed by atoms with E-state index in [1.54, 1.807) is 26.4 Å². The minimum atomic E-state index is -0.208. The van der Waals surface area contributed by atoms with E-state index in [-0.39, 0.29) is 17.7 Å². The number of rotatable bonds is 4. The number of carbonyl (C=O) groups is 1. The first-order valence-corrected chi connectivity index (χ1v) is 7.92. The van der Waals surface area contributed by atoms with Crippen molar-refractivity contribution in [2.24, 2.45) is 5.10 Å². The van der Waals surface area contributed by atoms with E-state index in [0.29, 0.717) is 23.4 Å². The van der Waals surface area contributed by atoms with Crippen molar-refractivity contribution in [1.82, 2.24) is 5.01 Å². The lowest BCUT2D eigenvalue weighted by atomic mass is 9.98. The molecule has 2 aromatic rings. The third kappa shape index (κ3) is 3.28. The Hall–Kier alpha value is -3.02. The highest BCUT2D eigenvalue weighted by atomic mass is 16.5. The Morgan fingerprint density at radius 1 is 1.12 bits per heavy atom. The standard InChI is InChI=1S/C19H20N2O4/c1-12(22)21-18(13-4-6-14(24-2)7-5-13)11-17(20-21)16-9-8-15(25-3)10-19(16)23/h4-10,18,23H,11H2,1-3H3/t18-/m1/s1. The van der Waals surface area contributed by atoms with Gasteiger partial charge in [0.2, 0.25) is 5.91 Å². The predicted octanol–water partition coefficient (Wildman–Crippen LogP) is 3.11. The summed E-state index contributed by atoms with van der Waals surface area (Å²) in [4.78, 5) is 12.0. The molecule has 0 aromatic heterocycles. The Morgan fingerprint density at radius 2 is 1.76 bits per heavy atom. The number of ether oxygens (including phenoxy) is 2. The predicted molar refractivity (Wildman–Crippen MR) is 94.1 cm³/mol. The number of hydrazone groups is 1. The van der Waals surface area contributed by atoms with Gasteiger partial charge in [-0.3, -0.25) is 4.79 Å². The molecule has 25 heavy (non-hydrogen) atoms. The van der Waals surface area contributed by atoms with Gasteiger partial charge in [-0.2, -0.15) is 5.10 Å². The molecule has 0 radical (unpaired) electrons. The van der Waals surface area contributed by atoms with Gasteiger partial charge in [-0.1, -0.05) is 12.1 Å². The molecule has 1 heterocycles. The van der Waals surface area contributed by atoms with Gasteiger partial charge < -0.3 is 14.6 Å². The average Bonchev–Trinajstić information content (AvgIpc) is 3.07. The first-order valence-electron chi connectivity index (χ1n) is 7.92. The Kier molecular flexibility index (Phi) is 4.61. The summed E-state index contributed by atoms with van der Waals surface area (Å²) in [5.74, 6) is 1.25. The molecule has 0 unspecified atom stereocenters. The number of nitrogens with zero attached hydrogens (tertiary/aromatic N) is 2. The lowest BCUT2D eigenvalue weighted by molar-refractivity contribution is -0.130. The van der Waals surface area contributed by atoms with Crippen LogP contribution in [0.15, 0.2) is 47.6 Å². The molecule has 130 valence electrons. The Labute approximate surface area is 146 Å². The number of amides is 1. The molecule has 1 N–H and O–H groups in total. The SMILES string of the molecule is COc1ccc([C@H]2CC(c3ccc(OC)cc3O)=NN2C(C)=O)cc1. The first kappa shape index (κ1) is 16.8. The minimum Gasteiger partial charge on any atom is -0.507 e. The number of aromatic hydroxyl groups is 1. The number of carbonyl (C=O) groups excluding carboxylic acids is 1. The summed E-state index contributed by atoms with van der Waals surface area (Å²) in [6.07, 6.45) is 0.520. The van der Waals surface area contributed by atoms with Gasteiger partial charge in [-0.15, -0.1) is 0 Å². The smallest absolute Gasteiger partial charge is 0.240 e. The maximum atomic E-state index is 12.0. The zero-order chi connectivity index (χ0) is 18.0. The molecule has 0 fully saturated rings. The third-order valence-electron chi connectivity index (χ3n) is 4.25. The molecule has 3 rings (SSSR count). The van der Waals surface area contributed by atoms with Crippen molar-refractivity contribution in [2.75, 3.05) is 14.2 Å². The fourth-order valence-corrected chi connectivity index (χ4v) is 2.93. The van der Waals surface area contributed by atoms with Crippen LogP contribution < -0.4 is 9.47 Å². The fraction of sp³-hybridized carbons (Fsp3) is 0.263. The van der Waals surface area contributed by atoms with Gasteiger partial charge in [0.05, 0.1) is 26.0 Å². The Morgan fingerprint density at radius 3 is 2.32 bits per heavy atom. The molecule has 1 aliphatic rings. The van der Waals surface area contributed by atoms with Crippen LogP contribution in [0.5, 0.6) is 17.2 Å². The number of benzene rings is 2. The van der Waals surface area contributed by atoms with Gasteiger partial charge in [0.1, 0.15) is 17.2 Å². The highest BCUT2D eigenvalue weighted by Crippen LogP contribution is 2.36. The number of methoxy groups -OCH3 is 2. The van der Waals surface area contributed by atoms with Gasteiger partial charge in [0.15, 0.2) is 0 Å². The lowest BCUT2D eigenvalue weighted by Gasteiger charge is -2.20. The number of phenols is 1. The van der Waals surface area contributed by atoms with Crippen molar-refractivity contribution < 1.29 is 19.4 Å². The van der Waals surface area contributed by atoms with Crippen molar-refractivity contribution in [2.45, 2.75) is 19.4 Å². The van der Waals surface area contributed by atoms with Crippen LogP contribution in [0.25, 0.3) is 0 Å². The van der Waals surface area contributed by atoms with Gasteiger partial charge in [-0.25, -0.2) is 5.01 Å². The van der Waals surface area contributed by atoms with Crippen molar-refractivity contribution in [1.29, 1.82) is 0 Å². The van der Waals surface area contributed by atoms with Gasteiger partial charge in [-0.05, 0) is 29.8 Å². The molecule has 0 saturated heterocycles. The van der Waals surface area contributed by atoms with Crippen molar-refractivity contribution >= 4 is 11.6 Å². The summed E-state index contributed by atoms with van der Waals surface area (Å²) in [7, 11) is 3.15. The molecular formula is C19H20N2O4. The van der Waals surface area contributed by atoms with Crippen LogP contribution in [0.4, 0.5) is 0 Å². The topological polar surface area (TPSA) is 71.4 Å². The van der Waals surface area contributed by atoms with E-state index >= 15 is 0 Å². The largest absolute Gasteiger partial charge is 0.507 e. The normalized spacial score (nSPS) is 16.5. The Bertz CT molecular complexity index is 815. The van der Waals surface area contributed by atoms with Crippen LogP contribution in [0.1, 0.15) is 30.5 Å². The summed E-state index contributed by atoms with van der Waals surface area (Å²) in [5, 5.41) is 16.2. The molecule has 1 amide bonds. The van der Waals surface area contributed by atoms with Crippen LogP contribution in [-0.4, -0.2) is 36.0 Å². The molecule has 6 heteroatoms. The lowest BCUT2D eigenvalue weighted by Crippen LogP contribution is -2.24. The van der Waals surface area contributed by atoms with E-state index in [1.165, 1.54) is 18.0 Å². The maximum Gasteiger partial charge on any atom is 0.240 e. The fourth-order valence-electron chi connectivity index (χ4n) is 2.93. The van der Waals surface area contributed by atoms with Crippen LogP contribution in [-0.2, 0) is 4.79 Å². The van der Waals surface area contributed by atoms with Crippen LogP contribution in [0.3, 0.4) is 0 Å². The first-order chi connectivity index (χ1) is 12.0. The molecule has 2 aromatic carbocycles. The van der Waals surface area contributed by atoms with E-state index in [9.17, 15) is 9.90 Å². The highest BCUT2D eigenvalue weighted by molar-refractivity contribution is 6.05. The molecule has 1 atom stereocenters. The molecule has 1 aliphatic heterocycles. The van der Waals surface area contributed by atoms with Crippen LogP contribution in [0.2, 0.25) is 0 Å². The molecule has 0 spiro atoms. The summed E-state index contributed by atoms with van der Waals surface area (Å²) in [6, 6.07) is 12.4. The van der Waals surface area contributed by atoms with E-state index < -0.39 is 0 Å². The quantitative estimate of drug-likeness (QED) is 0.928. The number of hydrogen-bond acceptors (Lipinski definition) is 5. The summed E-state index contributed by atoms with van der Waals surface area (Å²) in [6.45, 7) is 1.48. The van der Waals surface area contributed by atoms with Crippen LogP contribution >= 0.6 is 0 Å². The molecule has 0 aliphatic carbocycles. The molecule has 6 nitrogen and oxygen atoms in total. The minimum absolute atomic E-state index is 0.0805. The second kappa shape index (κ2) is 6.84. The molecule has 0 bridgehead atoms. The van der Waals surface area contributed by atoms with Crippen molar-refractivity contribution in [3.05, 3.63) is 53.6 Å². The van der Waals surface area contributed by atoms with Crippen molar-refractivity contribution in [3.63, 3.8) is 0 Å². The van der Waals surface area contributed by atoms with Crippen molar-refractivity contribution in [3.8, 4) is 17.2 Å². The summed E-state index contributed by atoms with van der Waals surface area (Å²) < 4.78 is 10.3. The zero-order valence-corrected chi connectivity index (χ0v) is 14.4. The second-order valence-corrected chi connectivity index (χ2v) is 5.79. The number of phenolic OH excluding ortho intramolecular Hbond substituents is 1. The monoisotopic (exact) mass is 340 g/mol. The van der Waals surface area contributed by atoms with E-state index in [0.717, 1.165) is 11.3 Å². The maximum absolute atomic E-state index is 12.0. The van der Waals surface area contributed by atoms with Crippen LogP contribution in [0, 0.1) is 0 Å². The van der Waals surface area contributed by atoms with Gasteiger partial charge in [0.25, 0.3) is 0 Å². The summed E-state index contributed by atoms with van der Waals surface area (Å²) in [5.41, 5.74) is 2.22. The van der Waals surface area contributed by atoms with Gasteiger partial charge in [0, 0.05) is 25.0 Å². The van der Waals surface area contributed by atoms with Gasteiger partial charge >= 0.3 is 0 Å². The van der Waals surface area contributed by atoms with E-state index in [1.807, 2.05) is 24.3 Å². The van der Waals surface area contributed by atoms with E-state index in [2.05, 4.69) is 5.10 Å².